The number of rotatable bonds is 2. The molecule has 0 amide bonds. The van der Waals surface area contributed by atoms with E-state index in [9.17, 15) is 8.42 Å². The van der Waals surface area contributed by atoms with Crippen LogP contribution in [0.25, 0.3) is 12.2 Å². The summed E-state index contributed by atoms with van der Waals surface area (Å²) in [5.41, 5.74) is 2.15. The highest BCUT2D eigenvalue weighted by molar-refractivity contribution is 7.94. The summed E-state index contributed by atoms with van der Waals surface area (Å²) in [5, 5.41) is 5.31. The second-order valence-electron chi connectivity index (χ2n) is 6.12. The summed E-state index contributed by atoms with van der Waals surface area (Å²) in [7, 11) is -3.32. The SMILES string of the molecule is C=CS(=O)(=O)[C@@H]1CCC=c2ccc3c(c21)CC=c1ccccc1=3. The van der Waals surface area contributed by atoms with Crippen molar-refractivity contribution in [2.45, 2.75) is 24.5 Å². The van der Waals surface area contributed by atoms with Gasteiger partial charge in [0.05, 0.1) is 5.25 Å². The van der Waals surface area contributed by atoms with Gasteiger partial charge in [-0.15, -0.1) is 0 Å². The Balaban J connectivity index is 2.17. The molecule has 0 saturated carbocycles. The zero-order valence-electron chi connectivity index (χ0n) is 12.8. The Bertz CT molecular complexity index is 1130. The third-order valence-electron chi connectivity index (χ3n) is 4.91. The van der Waals surface area contributed by atoms with E-state index in [1.54, 1.807) is 0 Å². The molecule has 0 spiro atoms. The van der Waals surface area contributed by atoms with E-state index in [1.165, 1.54) is 15.7 Å². The topological polar surface area (TPSA) is 34.1 Å². The Morgan fingerprint density at radius 1 is 1.00 bits per heavy atom. The van der Waals surface area contributed by atoms with Gasteiger partial charge in [0.2, 0.25) is 0 Å². The maximum absolute atomic E-state index is 12.5. The van der Waals surface area contributed by atoms with Crippen LogP contribution in [0.3, 0.4) is 0 Å². The summed E-state index contributed by atoms with van der Waals surface area (Å²) in [6, 6.07) is 12.5. The van der Waals surface area contributed by atoms with Crippen LogP contribution in [-0.2, 0) is 16.3 Å². The normalized spacial score (nSPS) is 18.7. The molecule has 1 atom stereocenters. The molecule has 2 aromatic carbocycles. The van der Waals surface area contributed by atoms with Gasteiger partial charge in [-0.3, -0.25) is 0 Å². The third-order valence-corrected chi connectivity index (χ3v) is 6.64. The molecule has 0 unspecified atom stereocenters. The molecule has 2 aliphatic carbocycles. The molecule has 0 heterocycles. The van der Waals surface area contributed by atoms with Crippen molar-refractivity contribution >= 4 is 22.0 Å². The minimum Gasteiger partial charge on any atom is -0.224 e. The lowest BCUT2D eigenvalue weighted by atomic mass is 9.88. The molecule has 0 saturated heterocycles. The van der Waals surface area contributed by atoms with Gasteiger partial charge in [0, 0.05) is 5.41 Å². The lowest BCUT2D eigenvalue weighted by Crippen LogP contribution is -2.26. The minimum absolute atomic E-state index is 0.464. The van der Waals surface area contributed by atoms with Gasteiger partial charge in [-0.1, -0.05) is 55.1 Å². The summed E-state index contributed by atoms with van der Waals surface area (Å²) in [6.07, 6.45) is 6.57. The highest BCUT2D eigenvalue weighted by Crippen LogP contribution is 2.32. The molecule has 0 N–H and O–H groups in total. The molecule has 3 heteroatoms. The quantitative estimate of drug-likeness (QED) is 0.851. The van der Waals surface area contributed by atoms with Crippen molar-refractivity contribution in [1.82, 2.24) is 0 Å². The zero-order valence-corrected chi connectivity index (χ0v) is 13.6. The van der Waals surface area contributed by atoms with Crippen LogP contribution in [0.15, 0.2) is 48.4 Å². The lowest BCUT2D eigenvalue weighted by molar-refractivity contribution is 0.583. The Morgan fingerprint density at radius 3 is 2.65 bits per heavy atom. The molecule has 2 nitrogen and oxygen atoms in total. The second kappa shape index (κ2) is 5.20. The maximum atomic E-state index is 12.5. The van der Waals surface area contributed by atoms with Crippen LogP contribution in [0.5, 0.6) is 0 Å². The van der Waals surface area contributed by atoms with Gasteiger partial charge in [0.15, 0.2) is 9.84 Å². The molecule has 0 aromatic heterocycles. The molecule has 0 fully saturated rings. The van der Waals surface area contributed by atoms with E-state index in [1.807, 2.05) is 12.1 Å². The molecule has 23 heavy (non-hydrogen) atoms. The van der Waals surface area contributed by atoms with E-state index >= 15 is 0 Å². The molecular formula is C20H18O2S. The Morgan fingerprint density at radius 2 is 1.83 bits per heavy atom. The van der Waals surface area contributed by atoms with Crippen LogP contribution < -0.4 is 10.4 Å². The predicted molar refractivity (Wildman–Crippen MR) is 93.5 cm³/mol. The fourth-order valence-corrected chi connectivity index (χ4v) is 5.13. The smallest absolute Gasteiger partial charge is 0.178 e. The van der Waals surface area contributed by atoms with Crippen molar-refractivity contribution in [1.29, 1.82) is 0 Å². The maximum Gasteiger partial charge on any atom is 0.178 e. The minimum atomic E-state index is -3.32. The highest BCUT2D eigenvalue weighted by Gasteiger charge is 2.29. The first kappa shape index (κ1) is 14.5. The Hall–Kier alpha value is -2.13. The van der Waals surface area contributed by atoms with E-state index < -0.39 is 15.1 Å². The van der Waals surface area contributed by atoms with Gasteiger partial charge >= 0.3 is 0 Å². The van der Waals surface area contributed by atoms with Crippen LogP contribution >= 0.6 is 0 Å². The predicted octanol–water partition coefficient (Wildman–Crippen LogP) is 2.48. The molecule has 0 radical (unpaired) electrons. The van der Waals surface area contributed by atoms with Gasteiger partial charge in [-0.2, -0.15) is 0 Å². The summed E-state index contributed by atoms with van der Waals surface area (Å²) in [5.74, 6) is 0. The largest absolute Gasteiger partial charge is 0.224 e. The van der Waals surface area contributed by atoms with Gasteiger partial charge < -0.3 is 0 Å². The second-order valence-corrected chi connectivity index (χ2v) is 8.20. The van der Waals surface area contributed by atoms with E-state index in [-0.39, 0.29) is 0 Å². The van der Waals surface area contributed by atoms with E-state index in [2.05, 4.69) is 43.0 Å². The van der Waals surface area contributed by atoms with Crippen LogP contribution in [-0.4, -0.2) is 8.42 Å². The number of hydrogen-bond donors (Lipinski definition) is 0. The van der Waals surface area contributed by atoms with Gasteiger partial charge in [0.25, 0.3) is 0 Å². The molecule has 4 rings (SSSR count). The van der Waals surface area contributed by atoms with Crippen LogP contribution in [0, 0.1) is 10.4 Å². The first-order chi connectivity index (χ1) is 11.1. The standard InChI is InChI=1S/C20H18O2S/c1-2-23(21,22)19-9-5-7-15-11-12-17-16-8-4-3-6-14(16)10-13-18(17)20(15)19/h2-4,6-8,10-12,19H,1,5,9,13H2/t19-/m1/s1. The van der Waals surface area contributed by atoms with Gasteiger partial charge in [0.1, 0.15) is 0 Å². The lowest BCUT2D eigenvalue weighted by Gasteiger charge is -2.24. The molecular weight excluding hydrogens is 304 g/mol. The molecule has 0 bridgehead atoms. The first-order valence-electron chi connectivity index (χ1n) is 7.90. The molecule has 2 aromatic rings. The van der Waals surface area contributed by atoms with Crippen molar-refractivity contribution in [3.05, 3.63) is 80.4 Å². The number of hydrogen-bond acceptors (Lipinski definition) is 2. The Kier molecular flexibility index (Phi) is 3.27. The molecule has 0 aliphatic heterocycles. The monoisotopic (exact) mass is 322 g/mol. The average Bonchev–Trinajstić information content (AvgIpc) is 2.60. The summed E-state index contributed by atoms with van der Waals surface area (Å²) >= 11 is 0. The van der Waals surface area contributed by atoms with E-state index in [0.717, 1.165) is 34.6 Å². The van der Waals surface area contributed by atoms with Gasteiger partial charge in [-0.25, -0.2) is 8.42 Å². The van der Waals surface area contributed by atoms with E-state index in [4.69, 9.17) is 0 Å². The van der Waals surface area contributed by atoms with Crippen molar-refractivity contribution in [3.63, 3.8) is 0 Å². The van der Waals surface area contributed by atoms with E-state index in [0.29, 0.717) is 6.42 Å². The Labute approximate surface area is 135 Å². The van der Waals surface area contributed by atoms with Crippen molar-refractivity contribution in [2.24, 2.45) is 0 Å². The number of benzene rings is 2. The molecule has 2 aliphatic rings. The van der Waals surface area contributed by atoms with Crippen LogP contribution in [0.1, 0.15) is 29.2 Å². The summed E-state index contributed by atoms with van der Waals surface area (Å²) < 4.78 is 25.0. The van der Waals surface area contributed by atoms with Gasteiger partial charge in [-0.05, 0) is 51.3 Å². The van der Waals surface area contributed by atoms with Crippen LogP contribution in [0.4, 0.5) is 0 Å². The average molecular weight is 322 g/mol. The fourth-order valence-electron chi connectivity index (χ4n) is 3.82. The molecule has 116 valence electrons. The highest BCUT2D eigenvalue weighted by atomic mass is 32.2. The first-order valence-corrected chi connectivity index (χ1v) is 9.50. The van der Waals surface area contributed by atoms with Crippen molar-refractivity contribution in [3.8, 4) is 0 Å². The number of sulfone groups is 1. The fraction of sp³-hybridized carbons (Fsp3) is 0.200. The zero-order chi connectivity index (χ0) is 16.0. The summed E-state index contributed by atoms with van der Waals surface area (Å²) in [6.45, 7) is 3.52. The summed E-state index contributed by atoms with van der Waals surface area (Å²) in [4.78, 5) is 0. The number of fused-ring (bicyclic) bond motifs is 4. The third kappa shape index (κ3) is 2.19. The van der Waals surface area contributed by atoms with Crippen molar-refractivity contribution < 1.29 is 8.42 Å². The van der Waals surface area contributed by atoms with Crippen molar-refractivity contribution in [2.75, 3.05) is 0 Å². The van der Waals surface area contributed by atoms with Crippen LogP contribution in [0.2, 0.25) is 0 Å².